The number of nitrogens with zero attached hydrogens (tertiary/aromatic N) is 1. The van der Waals surface area contributed by atoms with Crippen molar-refractivity contribution in [2.24, 2.45) is 0 Å². The monoisotopic (exact) mass is 391 g/mol. The van der Waals surface area contributed by atoms with Gasteiger partial charge in [0.1, 0.15) is 23.7 Å². The van der Waals surface area contributed by atoms with Crippen LogP contribution in [0.3, 0.4) is 0 Å². The van der Waals surface area contributed by atoms with E-state index in [0.29, 0.717) is 16.4 Å². The van der Waals surface area contributed by atoms with Crippen LogP contribution in [0.25, 0.3) is 11.0 Å². The molecular weight excluding hydrogens is 374 g/mol. The molecule has 0 spiro atoms. The number of benzene rings is 1. The van der Waals surface area contributed by atoms with Gasteiger partial charge in [-0.15, -0.1) is 0 Å². The molecule has 2 aliphatic rings. The summed E-state index contributed by atoms with van der Waals surface area (Å²) in [5.74, 6) is 0.390. The van der Waals surface area contributed by atoms with Crippen molar-refractivity contribution in [1.29, 1.82) is 0 Å². The number of hydrogen-bond donors (Lipinski definition) is 4. The SMILES string of the molecule is CC(NC(=O)CCN1C(=O)NC2NC(=O)NC21)c1cc2cc(Cl)ccc2o1. The van der Waals surface area contributed by atoms with Crippen LogP contribution >= 0.6 is 11.6 Å². The van der Waals surface area contributed by atoms with Crippen molar-refractivity contribution in [3.63, 3.8) is 0 Å². The fourth-order valence-electron chi connectivity index (χ4n) is 3.29. The molecule has 3 heterocycles. The highest BCUT2D eigenvalue weighted by molar-refractivity contribution is 6.31. The third-order valence-electron chi connectivity index (χ3n) is 4.64. The Morgan fingerprint density at radius 1 is 1.30 bits per heavy atom. The first kappa shape index (κ1) is 17.5. The smallest absolute Gasteiger partial charge is 0.320 e. The fraction of sp³-hybridized carbons (Fsp3) is 0.353. The maximum absolute atomic E-state index is 12.3. The largest absolute Gasteiger partial charge is 0.459 e. The molecule has 1 aromatic carbocycles. The maximum Gasteiger partial charge on any atom is 0.320 e. The third-order valence-corrected chi connectivity index (χ3v) is 4.87. The molecule has 142 valence electrons. The number of hydrogen-bond acceptors (Lipinski definition) is 4. The first-order valence-electron chi connectivity index (χ1n) is 8.53. The summed E-state index contributed by atoms with van der Waals surface area (Å²) in [4.78, 5) is 37.0. The van der Waals surface area contributed by atoms with Crippen LogP contribution in [0.2, 0.25) is 5.02 Å². The zero-order valence-corrected chi connectivity index (χ0v) is 15.2. The number of urea groups is 2. The molecule has 3 atom stereocenters. The number of fused-ring (bicyclic) bond motifs is 2. The molecule has 0 bridgehead atoms. The van der Waals surface area contributed by atoms with Crippen molar-refractivity contribution >= 4 is 40.5 Å². The lowest BCUT2D eigenvalue weighted by Crippen LogP contribution is -2.45. The van der Waals surface area contributed by atoms with Crippen molar-refractivity contribution in [2.75, 3.05) is 6.54 Å². The number of carbonyl (C=O) groups excluding carboxylic acids is 3. The third kappa shape index (κ3) is 3.37. The van der Waals surface area contributed by atoms with E-state index in [2.05, 4.69) is 21.3 Å². The highest BCUT2D eigenvalue weighted by Crippen LogP contribution is 2.26. The molecule has 10 heteroatoms. The molecule has 0 saturated carbocycles. The first-order chi connectivity index (χ1) is 12.9. The molecule has 4 rings (SSSR count). The second-order valence-electron chi connectivity index (χ2n) is 6.55. The average Bonchev–Trinajstić information content (AvgIpc) is 3.25. The predicted molar refractivity (Wildman–Crippen MR) is 96.9 cm³/mol. The molecule has 1 aromatic heterocycles. The van der Waals surface area contributed by atoms with Gasteiger partial charge >= 0.3 is 12.1 Å². The van der Waals surface area contributed by atoms with Crippen LogP contribution < -0.4 is 21.3 Å². The van der Waals surface area contributed by atoms with Gasteiger partial charge in [0, 0.05) is 23.4 Å². The minimum absolute atomic E-state index is 0.100. The standard InChI is InChI=1S/C17H18ClN5O4/c1-8(12-7-9-6-10(18)2-3-11(9)27-12)19-13(24)4-5-23-15-14(21-17(23)26)20-16(25)22-15/h2-3,6-8,14-15H,4-5H2,1H3,(H,19,24)(H,21,26)(H2,20,22,25). The topological polar surface area (TPSA) is 116 Å². The van der Waals surface area contributed by atoms with Crippen LogP contribution in [0.1, 0.15) is 25.1 Å². The lowest BCUT2D eigenvalue weighted by Gasteiger charge is -2.21. The number of furan rings is 1. The quantitative estimate of drug-likeness (QED) is 0.620. The number of rotatable bonds is 5. The number of halogens is 1. The van der Waals surface area contributed by atoms with E-state index in [9.17, 15) is 14.4 Å². The van der Waals surface area contributed by atoms with Gasteiger partial charge in [-0.2, -0.15) is 0 Å². The Bertz CT molecular complexity index is 929. The van der Waals surface area contributed by atoms with Crippen LogP contribution in [-0.2, 0) is 4.79 Å². The predicted octanol–water partition coefficient (Wildman–Crippen LogP) is 1.64. The Morgan fingerprint density at radius 2 is 2.11 bits per heavy atom. The van der Waals surface area contributed by atoms with Crippen LogP contribution in [0.4, 0.5) is 9.59 Å². The van der Waals surface area contributed by atoms with Crippen LogP contribution in [0.15, 0.2) is 28.7 Å². The number of nitrogens with one attached hydrogen (secondary N) is 4. The van der Waals surface area contributed by atoms with Gasteiger partial charge in [-0.05, 0) is 31.2 Å². The van der Waals surface area contributed by atoms with Crippen molar-refractivity contribution in [3.8, 4) is 0 Å². The second-order valence-corrected chi connectivity index (χ2v) is 6.99. The van der Waals surface area contributed by atoms with E-state index in [-0.39, 0.29) is 37.0 Å². The van der Waals surface area contributed by atoms with Crippen molar-refractivity contribution in [1.82, 2.24) is 26.2 Å². The summed E-state index contributed by atoms with van der Waals surface area (Å²) in [5.41, 5.74) is 0.694. The molecule has 4 N–H and O–H groups in total. The Balaban J connectivity index is 1.34. The normalized spacial score (nSPS) is 22.2. The Labute approximate surface area is 159 Å². The lowest BCUT2D eigenvalue weighted by molar-refractivity contribution is -0.122. The van der Waals surface area contributed by atoms with Gasteiger partial charge in [0.15, 0.2) is 0 Å². The second kappa shape index (κ2) is 6.66. The van der Waals surface area contributed by atoms with Gasteiger partial charge in [0.2, 0.25) is 5.91 Å². The van der Waals surface area contributed by atoms with E-state index in [4.69, 9.17) is 16.0 Å². The Hall–Kier alpha value is -2.94. The molecule has 9 nitrogen and oxygen atoms in total. The number of amides is 5. The van der Waals surface area contributed by atoms with E-state index in [1.54, 1.807) is 18.2 Å². The molecule has 0 radical (unpaired) electrons. The van der Waals surface area contributed by atoms with Crippen LogP contribution in [0, 0.1) is 0 Å². The molecule has 2 aliphatic heterocycles. The van der Waals surface area contributed by atoms with Gasteiger partial charge in [0.25, 0.3) is 0 Å². The van der Waals surface area contributed by atoms with Gasteiger partial charge in [-0.25, -0.2) is 9.59 Å². The van der Waals surface area contributed by atoms with Gasteiger partial charge in [-0.1, -0.05) is 11.6 Å². The van der Waals surface area contributed by atoms with E-state index in [1.807, 2.05) is 13.0 Å². The van der Waals surface area contributed by atoms with E-state index < -0.39 is 12.3 Å². The summed E-state index contributed by atoms with van der Waals surface area (Å²) in [6, 6.07) is 6.14. The maximum atomic E-state index is 12.3. The van der Waals surface area contributed by atoms with Crippen LogP contribution in [-0.4, -0.2) is 41.7 Å². The zero-order valence-electron chi connectivity index (χ0n) is 14.4. The molecule has 2 fully saturated rings. The van der Waals surface area contributed by atoms with Gasteiger partial charge in [0.05, 0.1) is 6.04 Å². The summed E-state index contributed by atoms with van der Waals surface area (Å²) in [6.45, 7) is 2.00. The molecular formula is C17H18ClN5O4. The van der Waals surface area contributed by atoms with E-state index in [1.165, 1.54) is 4.90 Å². The molecule has 0 aliphatic carbocycles. The minimum atomic E-state index is -0.490. The molecule has 27 heavy (non-hydrogen) atoms. The summed E-state index contributed by atoms with van der Waals surface area (Å²) in [5, 5.41) is 12.2. The summed E-state index contributed by atoms with van der Waals surface area (Å²) < 4.78 is 5.75. The van der Waals surface area contributed by atoms with E-state index >= 15 is 0 Å². The summed E-state index contributed by atoms with van der Waals surface area (Å²) in [6.07, 6.45) is -0.868. The highest BCUT2D eigenvalue weighted by atomic mass is 35.5. The zero-order chi connectivity index (χ0) is 19.1. The molecule has 5 amide bonds. The molecule has 2 aromatic rings. The molecule has 2 saturated heterocycles. The Kier molecular flexibility index (Phi) is 4.31. The Morgan fingerprint density at radius 3 is 2.93 bits per heavy atom. The van der Waals surface area contributed by atoms with Crippen molar-refractivity contribution < 1.29 is 18.8 Å². The fourth-order valence-corrected chi connectivity index (χ4v) is 3.47. The average molecular weight is 392 g/mol. The minimum Gasteiger partial charge on any atom is -0.459 e. The lowest BCUT2D eigenvalue weighted by atomic mass is 10.2. The van der Waals surface area contributed by atoms with Crippen molar-refractivity contribution in [3.05, 3.63) is 35.0 Å². The van der Waals surface area contributed by atoms with Crippen LogP contribution in [0.5, 0.6) is 0 Å². The van der Waals surface area contributed by atoms with Gasteiger partial charge < -0.3 is 25.7 Å². The van der Waals surface area contributed by atoms with Crippen molar-refractivity contribution in [2.45, 2.75) is 31.7 Å². The summed E-state index contributed by atoms with van der Waals surface area (Å²) in [7, 11) is 0. The molecule has 3 unspecified atom stereocenters. The highest BCUT2D eigenvalue weighted by Gasteiger charge is 2.45. The van der Waals surface area contributed by atoms with Gasteiger partial charge in [-0.3, -0.25) is 9.69 Å². The first-order valence-corrected chi connectivity index (χ1v) is 8.91. The summed E-state index contributed by atoms with van der Waals surface area (Å²) >= 11 is 5.98. The number of carbonyl (C=O) groups is 3. The van der Waals surface area contributed by atoms with E-state index in [0.717, 1.165) is 5.39 Å².